The number of hydrogen-bond donors (Lipinski definition) is 2. The van der Waals surface area contributed by atoms with Gasteiger partial charge in [0.15, 0.2) is 0 Å². The van der Waals surface area contributed by atoms with Crippen LogP contribution in [0.2, 0.25) is 0 Å². The molecule has 0 aliphatic carbocycles. The van der Waals surface area contributed by atoms with Gasteiger partial charge < -0.3 is 5.32 Å². The molecule has 0 heterocycles. The van der Waals surface area contributed by atoms with E-state index in [0.717, 1.165) is 16.7 Å². The van der Waals surface area contributed by atoms with E-state index in [1.165, 1.54) is 6.08 Å². The monoisotopic (exact) mass is 373 g/mol. The molecule has 0 saturated carbocycles. The zero-order chi connectivity index (χ0) is 19.1. The van der Waals surface area contributed by atoms with Gasteiger partial charge in [-0.3, -0.25) is 4.79 Å². The minimum atomic E-state index is -0.513. The van der Waals surface area contributed by atoms with E-state index in [-0.39, 0.29) is 11.2 Å². The molecule has 3 aromatic rings. The zero-order valence-electron chi connectivity index (χ0n) is 15.1. The number of carbonyl (C=O) groups excluding carboxylic acids is 1. The van der Waals surface area contributed by atoms with Gasteiger partial charge in [-0.15, -0.1) is 0 Å². The fraction of sp³-hybridized carbons (Fsp3) is 0.125. The summed E-state index contributed by atoms with van der Waals surface area (Å²) in [5, 5.41) is 2.73. The first-order chi connectivity index (χ1) is 13.2. The molecule has 0 aliphatic heterocycles. The molecule has 0 aromatic heterocycles. The van der Waals surface area contributed by atoms with Crippen LogP contribution in [0, 0.1) is 0 Å². The Bertz CT molecular complexity index is 781. The Hall–Kier alpha value is -2.78. The topological polar surface area (TPSA) is 29.1 Å². The van der Waals surface area contributed by atoms with Crippen molar-refractivity contribution in [3.63, 3.8) is 0 Å². The third-order valence-corrected chi connectivity index (χ3v) is 5.41. The summed E-state index contributed by atoms with van der Waals surface area (Å²) in [6.45, 7) is 3.95. The highest BCUT2D eigenvalue weighted by molar-refractivity contribution is 7.81. The smallest absolute Gasteiger partial charge is 0.243 e. The average molecular weight is 374 g/mol. The molecule has 1 amide bonds. The van der Waals surface area contributed by atoms with Crippen LogP contribution >= 0.6 is 12.6 Å². The van der Waals surface area contributed by atoms with Crippen LogP contribution < -0.4 is 5.32 Å². The van der Waals surface area contributed by atoms with E-state index in [2.05, 4.69) is 48.3 Å². The summed E-state index contributed by atoms with van der Waals surface area (Å²) in [5.74, 6) is -0.197. The van der Waals surface area contributed by atoms with E-state index in [9.17, 15) is 4.79 Å². The normalized spacial score (nSPS) is 12.2. The minimum Gasteiger partial charge on any atom is -0.351 e. The molecule has 0 saturated heterocycles. The molecular weight excluding hydrogens is 350 g/mol. The molecule has 1 atom stereocenters. The van der Waals surface area contributed by atoms with Crippen molar-refractivity contribution in [1.82, 2.24) is 5.32 Å². The molecular formula is C24H23NOS. The Labute approximate surface area is 166 Å². The number of thiol groups is 1. The van der Waals surface area contributed by atoms with E-state index < -0.39 is 5.41 Å². The lowest BCUT2D eigenvalue weighted by atomic mass is 9.67. The highest BCUT2D eigenvalue weighted by atomic mass is 32.1. The van der Waals surface area contributed by atoms with Crippen LogP contribution in [0.15, 0.2) is 104 Å². The van der Waals surface area contributed by atoms with Gasteiger partial charge >= 0.3 is 0 Å². The molecule has 1 N–H and O–H groups in total. The maximum absolute atomic E-state index is 11.8. The van der Waals surface area contributed by atoms with Crippen LogP contribution in [-0.2, 0) is 10.2 Å². The first kappa shape index (κ1) is 19.0. The fourth-order valence-corrected chi connectivity index (χ4v) is 4.14. The highest BCUT2D eigenvalue weighted by Crippen LogP contribution is 2.44. The predicted molar refractivity (Wildman–Crippen MR) is 115 cm³/mol. The lowest BCUT2D eigenvalue weighted by Crippen LogP contribution is -2.45. The van der Waals surface area contributed by atoms with Crippen molar-refractivity contribution in [3.05, 3.63) is 120 Å². The van der Waals surface area contributed by atoms with Gasteiger partial charge in [0.1, 0.15) is 0 Å². The number of rotatable bonds is 7. The van der Waals surface area contributed by atoms with Crippen molar-refractivity contribution in [2.75, 3.05) is 6.54 Å². The summed E-state index contributed by atoms with van der Waals surface area (Å²) >= 11 is 5.01. The van der Waals surface area contributed by atoms with Crippen molar-refractivity contribution < 1.29 is 4.79 Å². The molecule has 27 heavy (non-hydrogen) atoms. The molecule has 0 radical (unpaired) electrons. The maximum Gasteiger partial charge on any atom is 0.243 e. The lowest BCUT2D eigenvalue weighted by Gasteiger charge is -2.40. The van der Waals surface area contributed by atoms with Crippen LogP contribution in [0.5, 0.6) is 0 Å². The van der Waals surface area contributed by atoms with Crippen LogP contribution in [0.3, 0.4) is 0 Å². The number of carbonyl (C=O) groups is 1. The Kier molecular flexibility index (Phi) is 6.15. The number of hydrogen-bond acceptors (Lipinski definition) is 2. The molecule has 3 rings (SSSR count). The fourth-order valence-electron chi connectivity index (χ4n) is 3.60. The molecule has 0 bridgehead atoms. The average Bonchev–Trinajstić information content (AvgIpc) is 2.75. The van der Waals surface area contributed by atoms with Crippen molar-refractivity contribution in [1.29, 1.82) is 0 Å². The molecule has 0 fully saturated rings. The first-order valence-corrected chi connectivity index (χ1v) is 9.46. The molecule has 136 valence electrons. The molecule has 0 spiro atoms. The number of nitrogens with one attached hydrogen (secondary N) is 1. The van der Waals surface area contributed by atoms with E-state index in [1.807, 2.05) is 54.6 Å². The standard InChI is InChI=1S/C24H23NOS/c1-2-23(26)25-18-22(27)24(19-12-6-3-7-13-19,20-14-8-4-9-15-20)21-16-10-5-11-17-21/h2-17,22,27H,1,18H2,(H,25,26). The van der Waals surface area contributed by atoms with Crippen molar-refractivity contribution >= 4 is 18.5 Å². The molecule has 0 aliphatic rings. The second-order valence-corrected chi connectivity index (χ2v) is 6.99. The van der Waals surface area contributed by atoms with Gasteiger partial charge in [-0.05, 0) is 22.8 Å². The summed E-state index contributed by atoms with van der Waals surface area (Å²) < 4.78 is 0. The molecule has 3 heteroatoms. The van der Waals surface area contributed by atoms with Gasteiger partial charge in [-0.1, -0.05) is 97.6 Å². The second-order valence-electron chi connectivity index (χ2n) is 6.37. The largest absolute Gasteiger partial charge is 0.351 e. The quantitative estimate of drug-likeness (QED) is 0.353. The Morgan fingerprint density at radius 2 is 1.22 bits per heavy atom. The highest BCUT2D eigenvalue weighted by Gasteiger charge is 2.42. The Morgan fingerprint density at radius 3 is 1.56 bits per heavy atom. The third-order valence-electron chi connectivity index (χ3n) is 4.84. The third kappa shape index (κ3) is 3.83. The predicted octanol–water partition coefficient (Wildman–Crippen LogP) is 4.62. The Morgan fingerprint density at radius 1 is 0.852 bits per heavy atom. The second kappa shape index (κ2) is 8.74. The van der Waals surface area contributed by atoms with Crippen LogP contribution in [0.1, 0.15) is 16.7 Å². The van der Waals surface area contributed by atoms with Crippen molar-refractivity contribution in [2.45, 2.75) is 10.7 Å². The molecule has 1 unspecified atom stereocenters. The summed E-state index contributed by atoms with van der Waals surface area (Å²) in [4.78, 5) is 11.8. The summed E-state index contributed by atoms with van der Waals surface area (Å²) in [6.07, 6.45) is 1.29. The van der Waals surface area contributed by atoms with Crippen LogP contribution in [0.25, 0.3) is 0 Å². The molecule has 3 aromatic carbocycles. The lowest BCUT2D eigenvalue weighted by molar-refractivity contribution is -0.116. The summed E-state index contributed by atoms with van der Waals surface area (Å²) in [5.41, 5.74) is 2.89. The Balaban J connectivity index is 2.22. The minimum absolute atomic E-state index is 0.186. The van der Waals surface area contributed by atoms with E-state index in [0.29, 0.717) is 6.54 Å². The van der Waals surface area contributed by atoms with Crippen molar-refractivity contribution in [2.24, 2.45) is 0 Å². The van der Waals surface area contributed by atoms with Gasteiger partial charge in [0.2, 0.25) is 5.91 Å². The molecule has 2 nitrogen and oxygen atoms in total. The zero-order valence-corrected chi connectivity index (χ0v) is 16.0. The van der Waals surface area contributed by atoms with E-state index in [4.69, 9.17) is 12.6 Å². The van der Waals surface area contributed by atoms with Gasteiger partial charge in [0.05, 0.1) is 5.41 Å². The van der Waals surface area contributed by atoms with Crippen LogP contribution in [0.4, 0.5) is 0 Å². The summed E-state index contributed by atoms with van der Waals surface area (Å²) in [6, 6.07) is 31.0. The van der Waals surface area contributed by atoms with E-state index in [1.54, 1.807) is 0 Å². The SMILES string of the molecule is C=CC(=O)NCC(S)C(c1ccccc1)(c1ccccc1)c1ccccc1. The van der Waals surface area contributed by atoms with Gasteiger partial charge in [0.25, 0.3) is 0 Å². The maximum atomic E-state index is 11.8. The first-order valence-electron chi connectivity index (χ1n) is 8.94. The van der Waals surface area contributed by atoms with Gasteiger partial charge in [0, 0.05) is 11.8 Å². The van der Waals surface area contributed by atoms with Gasteiger partial charge in [-0.25, -0.2) is 0 Å². The van der Waals surface area contributed by atoms with Crippen LogP contribution in [-0.4, -0.2) is 17.7 Å². The van der Waals surface area contributed by atoms with Gasteiger partial charge in [-0.2, -0.15) is 12.6 Å². The van der Waals surface area contributed by atoms with Crippen molar-refractivity contribution in [3.8, 4) is 0 Å². The number of benzene rings is 3. The van der Waals surface area contributed by atoms with E-state index >= 15 is 0 Å². The number of amides is 1. The summed E-state index contributed by atoms with van der Waals surface area (Å²) in [7, 11) is 0.